The molecule has 0 spiro atoms. The first-order chi connectivity index (χ1) is 20.3. The highest BCUT2D eigenvalue weighted by atomic mass is 32.2. The van der Waals surface area contributed by atoms with Crippen molar-refractivity contribution in [2.75, 3.05) is 12.5 Å². The first-order valence-electron chi connectivity index (χ1n) is 13.2. The topological polar surface area (TPSA) is 120 Å². The van der Waals surface area contributed by atoms with Crippen molar-refractivity contribution in [1.82, 2.24) is 15.1 Å². The van der Waals surface area contributed by atoms with Crippen molar-refractivity contribution in [1.29, 1.82) is 0 Å². The van der Waals surface area contributed by atoms with Gasteiger partial charge in [-0.05, 0) is 66.9 Å². The summed E-state index contributed by atoms with van der Waals surface area (Å²) < 4.78 is 53.6. The van der Waals surface area contributed by atoms with E-state index >= 15 is 0 Å². The fourth-order valence-electron chi connectivity index (χ4n) is 4.81. The standard InChI is InChI=1S/C32H27N3O5S3/c1-32(2,43(4,38)39)24-18-22-9-6-15-33-28(22)26(19-24)21-7-5-8-23(17-21)30-29(34-31(41-30)27-14-16-40-35-27)20-10-12-25(13-11-20)42(3,36)37/h5-19H,1-4H3. The van der Waals surface area contributed by atoms with Gasteiger partial charge in [0.25, 0.3) is 0 Å². The maximum atomic E-state index is 12.8. The van der Waals surface area contributed by atoms with E-state index in [0.29, 0.717) is 22.0 Å². The van der Waals surface area contributed by atoms with Gasteiger partial charge in [-0.1, -0.05) is 41.6 Å². The van der Waals surface area contributed by atoms with Crippen molar-refractivity contribution in [2.45, 2.75) is 23.5 Å². The summed E-state index contributed by atoms with van der Waals surface area (Å²) in [5, 5.41) is 5.56. The molecular formula is C32H27N3O5S3. The van der Waals surface area contributed by atoms with Gasteiger partial charge in [0.2, 0.25) is 0 Å². The van der Waals surface area contributed by atoms with Gasteiger partial charge in [0.05, 0.1) is 25.7 Å². The Kier molecular flexibility index (Phi) is 7.07. The molecule has 3 aromatic heterocycles. The number of sulfone groups is 2. The van der Waals surface area contributed by atoms with Crippen LogP contribution in [0.2, 0.25) is 0 Å². The smallest absolute Gasteiger partial charge is 0.175 e. The number of hydrogen-bond donors (Lipinski definition) is 0. The fourth-order valence-corrected chi connectivity index (χ4v) is 7.03. The van der Waals surface area contributed by atoms with E-state index in [1.807, 2.05) is 48.5 Å². The molecule has 0 fully saturated rings. The molecule has 218 valence electrons. The van der Waals surface area contributed by atoms with Crippen LogP contribution in [0.15, 0.2) is 101 Å². The Labute approximate surface area is 253 Å². The molecular weight excluding hydrogens is 603 g/mol. The van der Waals surface area contributed by atoms with Gasteiger partial charge >= 0.3 is 0 Å². The third kappa shape index (κ3) is 5.39. The van der Waals surface area contributed by atoms with Gasteiger partial charge in [0.15, 0.2) is 19.7 Å². The van der Waals surface area contributed by atoms with Gasteiger partial charge in [0, 0.05) is 41.3 Å². The van der Waals surface area contributed by atoms with Gasteiger partial charge in [-0.3, -0.25) is 4.98 Å². The van der Waals surface area contributed by atoms with Crippen molar-refractivity contribution in [3.8, 4) is 43.5 Å². The fraction of sp³-hybridized carbons (Fsp3) is 0.156. The minimum absolute atomic E-state index is 0.225. The Hall–Kier alpha value is -4.19. The van der Waals surface area contributed by atoms with E-state index in [1.54, 1.807) is 50.4 Å². The molecule has 0 aliphatic rings. The molecule has 3 aromatic carbocycles. The van der Waals surface area contributed by atoms with Crippen molar-refractivity contribution in [3.05, 3.63) is 96.9 Å². The van der Waals surface area contributed by atoms with Crippen LogP contribution in [0.25, 0.3) is 54.4 Å². The molecule has 6 aromatic rings. The largest absolute Gasteiger partial charge is 0.364 e. The number of benzene rings is 3. The SMILES string of the molecule is CC(C)(c1cc(-c2cccc(-c3sc(-c4ccon4)nc3-c3ccc(S(C)(=O)=O)cc3)c2)c2ncccc2c1)S(C)(=O)=O. The minimum atomic E-state index is -3.42. The van der Waals surface area contributed by atoms with E-state index in [0.717, 1.165) is 38.0 Å². The van der Waals surface area contributed by atoms with Crippen LogP contribution in [-0.4, -0.2) is 44.5 Å². The second-order valence-electron chi connectivity index (χ2n) is 10.8. The molecule has 0 radical (unpaired) electrons. The summed E-state index contributed by atoms with van der Waals surface area (Å²) in [7, 11) is -6.78. The van der Waals surface area contributed by atoms with Gasteiger partial charge in [-0.2, -0.15) is 0 Å². The number of hydrogen-bond acceptors (Lipinski definition) is 9. The summed E-state index contributed by atoms with van der Waals surface area (Å²) in [5.74, 6) is 0. The highest BCUT2D eigenvalue weighted by Crippen LogP contribution is 2.43. The van der Waals surface area contributed by atoms with E-state index in [2.05, 4.69) is 10.1 Å². The number of thiazole rings is 1. The summed E-state index contributed by atoms with van der Waals surface area (Å²) >= 11 is 1.45. The van der Waals surface area contributed by atoms with Crippen molar-refractivity contribution < 1.29 is 21.4 Å². The lowest BCUT2D eigenvalue weighted by atomic mass is 9.92. The zero-order chi connectivity index (χ0) is 30.6. The van der Waals surface area contributed by atoms with Crippen LogP contribution in [-0.2, 0) is 24.4 Å². The van der Waals surface area contributed by atoms with E-state index in [4.69, 9.17) is 9.51 Å². The molecule has 0 saturated heterocycles. The van der Waals surface area contributed by atoms with E-state index < -0.39 is 24.4 Å². The summed E-state index contributed by atoms with van der Waals surface area (Å²) in [5.41, 5.74) is 6.01. The van der Waals surface area contributed by atoms with E-state index in [9.17, 15) is 16.8 Å². The van der Waals surface area contributed by atoms with E-state index in [-0.39, 0.29) is 4.90 Å². The maximum absolute atomic E-state index is 12.8. The summed E-state index contributed by atoms with van der Waals surface area (Å²) in [6.45, 7) is 3.42. The summed E-state index contributed by atoms with van der Waals surface area (Å²) in [4.78, 5) is 10.6. The lowest BCUT2D eigenvalue weighted by Gasteiger charge is -2.24. The van der Waals surface area contributed by atoms with Crippen LogP contribution in [0.5, 0.6) is 0 Å². The average Bonchev–Trinajstić information content (AvgIpc) is 3.66. The number of aromatic nitrogens is 3. The Balaban J connectivity index is 1.54. The number of pyridine rings is 1. The zero-order valence-corrected chi connectivity index (χ0v) is 26.2. The van der Waals surface area contributed by atoms with Crippen LogP contribution in [0, 0.1) is 0 Å². The summed E-state index contributed by atoms with van der Waals surface area (Å²) in [6, 6.07) is 23.9. The van der Waals surface area contributed by atoms with Crippen LogP contribution in [0.3, 0.4) is 0 Å². The quantitative estimate of drug-likeness (QED) is 0.185. The van der Waals surface area contributed by atoms with Gasteiger partial charge in [-0.15, -0.1) is 11.3 Å². The molecule has 0 bridgehead atoms. The molecule has 0 aliphatic carbocycles. The predicted octanol–water partition coefficient (Wildman–Crippen LogP) is 7.03. The molecule has 0 N–H and O–H groups in total. The molecule has 0 amide bonds. The molecule has 0 atom stereocenters. The average molecular weight is 630 g/mol. The number of rotatable bonds is 7. The van der Waals surface area contributed by atoms with Crippen LogP contribution >= 0.6 is 11.3 Å². The highest BCUT2D eigenvalue weighted by Gasteiger charge is 2.33. The number of fused-ring (bicyclic) bond motifs is 1. The molecule has 6 rings (SSSR count). The van der Waals surface area contributed by atoms with Crippen LogP contribution in [0.1, 0.15) is 19.4 Å². The molecule has 0 saturated carbocycles. The monoisotopic (exact) mass is 629 g/mol. The molecule has 0 unspecified atom stereocenters. The molecule has 3 heterocycles. The third-order valence-electron chi connectivity index (χ3n) is 7.60. The highest BCUT2D eigenvalue weighted by molar-refractivity contribution is 7.91. The van der Waals surface area contributed by atoms with Crippen molar-refractivity contribution in [2.24, 2.45) is 0 Å². The van der Waals surface area contributed by atoms with E-state index in [1.165, 1.54) is 30.1 Å². The van der Waals surface area contributed by atoms with Crippen molar-refractivity contribution in [3.63, 3.8) is 0 Å². The first kappa shape index (κ1) is 28.9. The minimum Gasteiger partial charge on any atom is -0.364 e. The van der Waals surface area contributed by atoms with Gasteiger partial charge in [0.1, 0.15) is 17.0 Å². The first-order valence-corrected chi connectivity index (χ1v) is 17.8. The Morgan fingerprint density at radius 3 is 2.23 bits per heavy atom. The van der Waals surface area contributed by atoms with Gasteiger partial charge in [-0.25, -0.2) is 21.8 Å². The lowest BCUT2D eigenvalue weighted by Crippen LogP contribution is -2.28. The second-order valence-corrected chi connectivity index (χ2v) is 16.4. The van der Waals surface area contributed by atoms with Crippen LogP contribution in [0.4, 0.5) is 0 Å². The molecule has 8 nitrogen and oxygen atoms in total. The zero-order valence-electron chi connectivity index (χ0n) is 23.8. The Bertz CT molecular complexity index is 2200. The molecule has 43 heavy (non-hydrogen) atoms. The Morgan fingerprint density at radius 1 is 0.814 bits per heavy atom. The summed E-state index contributed by atoms with van der Waals surface area (Å²) in [6.07, 6.45) is 5.64. The van der Waals surface area contributed by atoms with Crippen molar-refractivity contribution >= 4 is 41.9 Å². The maximum Gasteiger partial charge on any atom is 0.175 e. The normalized spacial score (nSPS) is 12.6. The van der Waals surface area contributed by atoms with Crippen LogP contribution < -0.4 is 0 Å². The predicted molar refractivity (Wildman–Crippen MR) is 170 cm³/mol. The number of nitrogens with zero attached hydrogens (tertiary/aromatic N) is 3. The molecule has 11 heteroatoms. The lowest BCUT2D eigenvalue weighted by molar-refractivity contribution is 0.422. The Morgan fingerprint density at radius 2 is 1.56 bits per heavy atom. The second kappa shape index (κ2) is 10.5. The third-order valence-corrected chi connectivity index (χ3v) is 11.9. The van der Waals surface area contributed by atoms with Gasteiger partial charge < -0.3 is 4.52 Å². The molecule has 0 aliphatic heterocycles.